The highest BCUT2D eigenvalue weighted by atomic mass is 16.5. The van der Waals surface area contributed by atoms with Crippen molar-refractivity contribution in [1.29, 1.82) is 0 Å². The second-order valence-electron chi connectivity index (χ2n) is 7.96. The summed E-state index contributed by atoms with van der Waals surface area (Å²) in [6.07, 6.45) is 1.88. The summed E-state index contributed by atoms with van der Waals surface area (Å²) in [5, 5.41) is 10.6. The molecular formula is C27H20N4O2. The molecule has 0 atom stereocenters. The van der Waals surface area contributed by atoms with Crippen molar-refractivity contribution < 1.29 is 9.15 Å². The van der Waals surface area contributed by atoms with Crippen LogP contribution in [0, 0.1) is 6.92 Å². The van der Waals surface area contributed by atoms with E-state index >= 15 is 0 Å². The van der Waals surface area contributed by atoms with E-state index in [9.17, 15) is 0 Å². The standard InChI is InChI=1S/C27H20N4O2/c1-18-6-11-22(12-7-18)31-16-21(29-30-31)17-32-23-13-8-20(9-14-23)27-28-26-24-5-3-2-4-19(24)10-15-25(26)33-27/h2-16H,17H2,1H3. The number of nitrogens with zero attached hydrogens (tertiary/aromatic N) is 4. The zero-order valence-electron chi connectivity index (χ0n) is 18.0. The first-order valence-corrected chi connectivity index (χ1v) is 10.7. The van der Waals surface area contributed by atoms with Crippen LogP contribution in [-0.4, -0.2) is 20.0 Å². The van der Waals surface area contributed by atoms with E-state index in [4.69, 9.17) is 14.1 Å². The van der Waals surface area contributed by atoms with Crippen LogP contribution >= 0.6 is 0 Å². The van der Waals surface area contributed by atoms with E-state index < -0.39 is 0 Å². The maximum Gasteiger partial charge on any atom is 0.227 e. The van der Waals surface area contributed by atoms with E-state index in [1.54, 1.807) is 4.68 Å². The Morgan fingerprint density at radius 2 is 1.70 bits per heavy atom. The molecule has 2 heterocycles. The molecule has 0 fully saturated rings. The van der Waals surface area contributed by atoms with Gasteiger partial charge in [-0.25, -0.2) is 9.67 Å². The van der Waals surface area contributed by atoms with E-state index in [1.807, 2.05) is 72.9 Å². The Balaban J connectivity index is 1.18. The average Bonchev–Trinajstić information content (AvgIpc) is 3.51. The number of aryl methyl sites for hydroxylation is 1. The second-order valence-corrected chi connectivity index (χ2v) is 7.96. The normalized spacial score (nSPS) is 11.3. The maximum absolute atomic E-state index is 6.01. The molecule has 4 aromatic carbocycles. The summed E-state index contributed by atoms with van der Waals surface area (Å²) in [6.45, 7) is 2.39. The van der Waals surface area contributed by atoms with Gasteiger partial charge in [0.1, 0.15) is 23.6 Å². The van der Waals surface area contributed by atoms with Crippen LogP contribution in [0.15, 0.2) is 95.5 Å². The molecule has 2 aromatic heterocycles. The van der Waals surface area contributed by atoms with Gasteiger partial charge in [0.05, 0.1) is 11.9 Å². The fourth-order valence-electron chi connectivity index (χ4n) is 3.82. The molecule has 0 aliphatic carbocycles. The van der Waals surface area contributed by atoms with Crippen molar-refractivity contribution in [2.45, 2.75) is 13.5 Å². The number of rotatable bonds is 5. The van der Waals surface area contributed by atoms with Crippen LogP contribution in [0.5, 0.6) is 5.75 Å². The lowest BCUT2D eigenvalue weighted by Gasteiger charge is -2.04. The fraction of sp³-hybridized carbons (Fsp3) is 0.0741. The van der Waals surface area contributed by atoms with Crippen molar-refractivity contribution in [3.63, 3.8) is 0 Å². The molecule has 6 nitrogen and oxygen atoms in total. The van der Waals surface area contributed by atoms with Crippen molar-refractivity contribution in [2.75, 3.05) is 0 Å². The van der Waals surface area contributed by atoms with Gasteiger partial charge >= 0.3 is 0 Å². The molecule has 33 heavy (non-hydrogen) atoms. The summed E-state index contributed by atoms with van der Waals surface area (Å²) in [4.78, 5) is 4.74. The Morgan fingerprint density at radius 1 is 0.879 bits per heavy atom. The summed E-state index contributed by atoms with van der Waals surface area (Å²) >= 11 is 0. The number of hydrogen-bond acceptors (Lipinski definition) is 5. The molecular weight excluding hydrogens is 412 g/mol. The topological polar surface area (TPSA) is 66.0 Å². The molecule has 0 spiro atoms. The molecule has 0 amide bonds. The van der Waals surface area contributed by atoms with E-state index in [2.05, 4.69) is 35.4 Å². The van der Waals surface area contributed by atoms with Gasteiger partial charge in [-0.15, -0.1) is 5.10 Å². The molecule has 6 heteroatoms. The van der Waals surface area contributed by atoms with Gasteiger partial charge in [0.15, 0.2) is 5.58 Å². The van der Waals surface area contributed by atoms with Crippen molar-refractivity contribution >= 4 is 21.9 Å². The summed E-state index contributed by atoms with van der Waals surface area (Å²) in [6, 6.07) is 28.1. The molecule has 160 valence electrons. The van der Waals surface area contributed by atoms with Crippen molar-refractivity contribution in [2.24, 2.45) is 0 Å². The number of fused-ring (bicyclic) bond motifs is 3. The molecule has 0 saturated carbocycles. The summed E-state index contributed by atoms with van der Waals surface area (Å²) < 4.78 is 13.7. The van der Waals surface area contributed by atoms with Gasteiger partial charge in [-0.1, -0.05) is 53.2 Å². The van der Waals surface area contributed by atoms with Crippen LogP contribution in [0.25, 0.3) is 39.0 Å². The second kappa shape index (κ2) is 7.91. The highest BCUT2D eigenvalue weighted by molar-refractivity contribution is 6.03. The molecule has 0 aliphatic heterocycles. The lowest BCUT2D eigenvalue weighted by atomic mass is 10.1. The van der Waals surface area contributed by atoms with Crippen molar-refractivity contribution in [3.05, 3.63) is 102 Å². The minimum Gasteiger partial charge on any atom is -0.487 e. The van der Waals surface area contributed by atoms with Crippen LogP contribution in [0.4, 0.5) is 0 Å². The highest BCUT2D eigenvalue weighted by Crippen LogP contribution is 2.30. The Labute approximate surface area is 190 Å². The van der Waals surface area contributed by atoms with Gasteiger partial charge in [0, 0.05) is 10.9 Å². The molecule has 0 unspecified atom stereocenters. The number of ether oxygens (including phenoxy) is 1. The zero-order chi connectivity index (χ0) is 22.2. The Hall–Kier alpha value is -4.45. The first-order valence-electron chi connectivity index (χ1n) is 10.7. The third kappa shape index (κ3) is 3.72. The van der Waals surface area contributed by atoms with Crippen LogP contribution in [-0.2, 0) is 6.61 Å². The molecule has 0 bridgehead atoms. The molecule has 0 radical (unpaired) electrons. The number of hydrogen-bond donors (Lipinski definition) is 0. The first-order chi connectivity index (χ1) is 16.2. The van der Waals surface area contributed by atoms with Crippen molar-refractivity contribution in [1.82, 2.24) is 20.0 Å². The van der Waals surface area contributed by atoms with Gasteiger partial charge in [-0.2, -0.15) is 0 Å². The zero-order valence-corrected chi connectivity index (χ0v) is 18.0. The van der Waals surface area contributed by atoms with Crippen LogP contribution in [0.2, 0.25) is 0 Å². The smallest absolute Gasteiger partial charge is 0.227 e. The van der Waals surface area contributed by atoms with Crippen molar-refractivity contribution in [3.8, 4) is 22.9 Å². The van der Waals surface area contributed by atoms with E-state index in [0.29, 0.717) is 12.5 Å². The van der Waals surface area contributed by atoms with Crippen LogP contribution < -0.4 is 4.74 Å². The number of aromatic nitrogens is 4. The molecule has 0 N–H and O–H groups in total. The van der Waals surface area contributed by atoms with Crippen LogP contribution in [0.3, 0.4) is 0 Å². The number of oxazole rings is 1. The summed E-state index contributed by atoms with van der Waals surface area (Å²) in [5.74, 6) is 1.33. The predicted molar refractivity (Wildman–Crippen MR) is 127 cm³/mol. The third-order valence-electron chi connectivity index (χ3n) is 5.61. The largest absolute Gasteiger partial charge is 0.487 e. The SMILES string of the molecule is Cc1ccc(-n2cc(COc3ccc(-c4nc5c(ccc6ccccc65)o4)cc3)nn2)cc1. The predicted octanol–water partition coefficient (Wildman–Crippen LogP) is 6.12. The Bertz CT molecular complexity index is 1560. The van der Waals surface area contributed by atoms with Gasteiger partial charge < -0.3 is 9.15 Å². The first kappa shape index (κ1) is 19.3. The molecule has 0 aliphatic rings. The lowest BCUT2D eigenvalue weighted by molar-refractivity contribution is 0.301. The lowest BCUT2D eigenvalue weighted by Crippen LogP contribution is -1.96. The Kier molecular flexibility index (Phi) is 4.61. The van der Waals surface area contributed by atoms with Gasteiger partial charge in [0.25, 0.3) is 0 Å². The minimum absolute atomic E-state index is 0.333. The van der Waals surface area contributed by atoms with Gasteiger partial charge in [-0.05, 0) is 54.8 Å². The van der Waals surface area contributed by atoms with Crippen LogP contribution in [0.1, 0.15) is 11.3 Å². The number of benzene rings is 4. The molecule has 6 aromatic rings. The van der Waals surface area contributed by atoms with E-state index in [1.165, 1.54) is 5.56 Å². The summed E-state index contributed by atoms with van der Waals surface area (Å²) in [7, 11) is 0. The monoisotopic (exact) mass is 432 g/mol. The van der Waals surface area contributed by atoms with Gasteiger partial charge in [0.2, 0.25) is 5.89 Å². The average molecular weight is 432 g/mol. The quantitative estimate of drug-likeness (QED) is 0.328. The fourth-order valence-corrected chi connectivity index (χ4v) is 3.82. The molecule has 0 saturated heterocycles. The summed E-state index contributed by atoms with van der Waals surface area (Å²) in [5.41, 5.74) is 5.48. The maximum atomic E-state index is 6.01. The van der Waals surface area contributed by atoms with E-state index in [-0.39, 0.29) is 0 Å². The van der Waals surface area contributed by atoms with E-state index in [0.717, 1.165) is 44.6 Å². The minimum atomic E-state index is 0.333. The molecule has 6 rings (SSSR count). The highest BCUT2D eigenvalue weighted by Gasteiger charge is 2.11. The Morgan fingerprint density at radius 3 is 2.55 bits per heavy atom. The third-order valence-corrected chi connectivity index (χ3v) is 5.61. The van der Waals surface area contributed by atoms with Gasteiger partial charge in [-0.3, -0.25) is 0 Å².